The number of hydrogen-bond acceptors (Lipinski definition) is 11. The van der Waals surface area contributed by atoms with E-state index in [0.29, 0.717) is 49.4 Å². The number of Topliss-reactive ketones (excluding diaryl/α,β-unsaturated/α-hetero) is 1. The van der Waals surface area contributed by atoms with Crippen molar-refractivity contribution >= 4 is 34.4 Å². The molecule has 3 aliphatic rings. The predicted octanol–water partition coefficient (Wildman–Crippen LogP) is 7.05. The molecule has 3 saturated heterocycles. The number of hydrogen-bond donors (Lipinski definition) is 1. The molecule has 0 saturated carbocycles. The molecular formula is C40H45N7O7. The van der Waals surface area contributed by atoms with Crippen LogP contribution in [0.25, 0.3) is 22.3 Å². The molecule has 3 aromatic carbocycles. The topological polar surface area (TPSA) is 144 Å². The van der Waals surface area contributed by atoms with E-state index in [-0.39, 0.29) is 43.5 Å². The lowest BCUT2D eigenvalue weighted by Gasteiger charge is -2.37. The zero-order valence-electron chi connectivity index (χ0n) is 30.4. The second-order valence-electron chi connectivity index (χ2n) is 14.0. The van der Waals surface area contributed by atoms with E-state index in [1.54, 1.807) is 18.1 Å². The number of ketones is 1. The van der Waals surface area contributed by atoms with Gasteiger partial charge in [-0.3, -0.25) is 4.79 Å². The first kappa shape index (κ1) is 35.6. The number of amides is 1. The summed E-state index contributed by atoms with van der Waals surface area (Å²) in [4.78, 5) is 31.8. The Hall–Kier alpha value is -5.47. The van der Waals surface area contributed by atoms with E-state index in [2.05, 4.69) is 10.4 Å². The molecule has 5 heterocycles. The molecule has 54 heavy (non-hydrogen) atoms. The summed E-state index contributed by atoms with van der Waals surface area (Å²) in [6, 6.07) is 21.1. The number of likely N-dealkylation sites (tertiary alicyclic amines) is 1. The van der Waals surface area contributed by atoms with Crippen molar-refractivity contribution in [2.75, 3.05) is 45.3 Å². The van der Waals surface area contributed by atoms with Gasteiger partial charge in [0.25, 0.3) is 0 Å². The van der Waals surface area contributed by atoms with Gasteiger partial charge in [0.1, 0.15) is 13.2 Å². The number of ether oxygens (including phenoxy) is 5. The smallest absolute Gasteiger partial charge is 0.410 e. The third-order valence-electron chi connectivity index (χ3n) is 10.1. The normalized spacial score (nSPS) is 18.9. The largest absolute Gasteiger partial charge is 0.493 e. The van der Waals surface area contributed by atoms with Gasteiger partial charge < -0.3 is 33.9 Å². The highest BCUT2D eigenvalue weighted by molar-refractivity contribution is 5.83. The Balaban J connectivity index is 0.908. The van der Waals surface area contributed by atoms with Crippen molar-refractivity contribution in [2.24, 2.45) is 5.92 Å². The molecule has 3 aliphatic heterocycles. The Labute approximate surface area is 313 Å². The molecule has 0 radical (unpaired) electrons. The van der Waals surface area contributed by atoms with Crippen LogP contribution in [0.3, 0.4) is 0 Å². The maximum Gasteiger partial charge on any atom is 0.410 e. The molecule has 0 spiro atoms. The molecule has 1 N–H and O–H groups in total. The highest BCUT2D eigenvalue weighted by atomic mass is 16.6. The highest BCUT2D eigenvalue weighted by Gasteiger charge is 2.33. The lowest BCUT2D eigenvalue weighted by Crippen LogP contribution is -2.50. The Bertz CT molecular complexity index is 2070. The SMILES string of the molecule is COc1cc(-c2nc(Nc3ccc4c(cnn4C4CCCCO4)c3)nn2C2CCCCO2)ccc1OCC(=O)CC1CN(C(=O)OCc2ccccc2)C1. The summed E-state index contributed by atoms with van der Waals surface area (Å²) < 4.78 is 33.0. The summed E-state index contributed by atoms with van der Waals surface area (Å²) >= 11 is 0. The lowest BCUT2D eigenvalue weighted by atomic mass is 9.95. The van der Waals surface area contributed by atoms with Gasteiger partial charge in [0.15, 0.2) is 35.6 Å². The number of benzene rings is 3. The number of rotatable bonds is 13. The van der Waals surface area contributed by atoms with Gasteiger partial charge >= 0.3 is 6.09 Å². The molecular weight excluding hydrogens is 690 g/mol. The molecule has 1 amide bonds. The molecule has 2 atom stereocenters. The summed E-state index contributed by atoms with van der Waals surface area (Å²) in [5.74, 6) is 1.98. The van der Waals surface area contributed by atoms with E-state index in [1.807, 2.05) is 76.2 Å². The van der Waals surface area contributed by atoms with Gasteiger partial charge in [-0.2, -0.15) is 10.1 Å². The number of methoxy groups -OCH3 is 1. The monoisotopic (exact) mass is 735 g/mol. The summed E-state index contributed by atoms with van der Waals surface area (Å²) in [6.45, 7) is 2.48. The number of carbonyl (C=O) groups excluding carboxylic acids is 2. The molecule has 0 bridgehead atoms. The Morgan fingerprint density at radius 3 is 2.41 bits per heavy atom. The number of fused-ring (bicyclic) bond motifs is 1. The van der Waals surface area contributed by atoms with Crippen LogP contribution in [0.1, 0.15) is 63.0 Å². The Morgan fingerprint density at radius 1 is 0.889 bits per heavy atom. The van der Waals surface area contributed by atoms with Crippen LogP contribution in [-0.2, 0) is 25.6 Å². The fourth-order valence-electron chi connectivity index (χ4n) is 7.22. The van der Waals surface area contributed by atoms with Gasteiger partial charge in [0, 0.05) is 55.3 Å². The summed E-state index contributed by atoms with van der Waals surface area (Å²) in [7, 11) is 1.56. The fourth-order valence-corrected chi connectivity index (χ4v) is 7.22. The van der Waals surface area contributed by atoms with Crippen LogP contribution in [0.5, 0.6) is 11.5 Å². The predicted molar refractivity (Wildman–Crippen MR) is 200 cm³/mol. The minimum atomic E-state index is -0.368. The van der Waals surface area contributed by atoms with Gasteiger partial charge in [-0.25, -0.2) is 14.2 Å². The third-order valence-corrected chi connectivity index (χ3v) is 10.1. The van der Waals surface area contributed by atoms with Crippen LogP contribution in [0.15, 0.2) is 72.9 Å². The summed E-state index contributed by atoms with van der Waals surface area (Å²) in [5, 5.41) is 13.9. The number of anilines is 2. The van der Waals surface area contributed by atoms with Gasteiger partial charge in [-0.15, -0.1) is 5.10 Å². The minimum absolute atomic E-state index is 0.0387. The van der Waals surface area contributed by atoms with E-state index in [4.69, 9.17) is 33.8 Å². The van der Waals surface area contributed by atoms with Crippen molar-refractivity contribution in [3.63, 3.8) is 0 Å². The second kappa shape index (κ2) is 16.3. The number of aromatic nitrogens is 5. The summed E-state index contributed by atoms with van der Waals surface area (Å²) in [5.41, 5.74) is 3.55. The van der Waals surface area contributed by atoms with Gasteiger partial charge in [-0.05, 0) is 80.5 Å². The van der Waals surface area contributed by atoms with Crippen molar-refractivity contribution in [1.29, 1.82) is 0 Å². The zero-order chi connectivity index (χ0) is 36.9. The minimum Gasteiger partial charge on any atom is -0.493 e. The average molecular weight is 736 g/mol. The number of nitrogens with one attached hydrogen (secondary N) is 1. The lowest BCUT2D eigenvalue weighted by molar-refractivity contribution is -0.123. The second-order valence-corrected chi connectivity index (χ2v) is 14.0. The zero-order valence-corrected chi connectivity index (χ0v) is 30.4. The average Bonchev–Trinajstić information content (AvgIpc) is 3.83. The van der Waals surface area contributed by atoms with Crippen LogP contribution < -0.4 is 14.8 Å². The van der Waals surface area contributed by atoms with Gasteiger partial charge in [0.2, 0.25) is 5.95 Å². The fraction of sp³-hybridized carbons (Fsp3) is 0.425. The Morgan fingerprint density at radius 2 is 1.67 bits per heavy atom. The standard InChI is InChI=1S/C40H45N7O7/c1-50-35-21-29(13-16-34(35)53-26-32(48)19-28-23-45(24-28)40(49)54-25-27-9-3-2-4-10-27)38-43-39(44-47(38)37-12-6-8-18-52-37)42-31-14-15-33-30(20-31)22-41-46(33)36-11-5-7-17-51-36/h2-4,9-10,13-16,20-22,28,36-37H,5-8,11-12,17-19,23-26H2,1H3,(H,42,44). The number of nitrogens with zero attached hydrogens (tertiary/aromatic N) is 6. The van der Waals surface area contributed by atoms with Crippen LogP contribution >= 0.6 is 0 Å². The molecule has 3 fully saturated rings. The quantitative estimate of drug-likeness (QED) is 0.133. The Kier molecular flexibility index (Phi) is 10.7. The van der Waals surface area contributed by atoms with E-state index < -0.39 is 0 Å². The van der Waals surface area contributed by atoms with Crippen molar-refractivity contribution in [3.05, 3.63) is 78.5 Å². The first-order valence-electron chi connectivity index (χ1n) is 18.7. The highest BCUT2D eigenvalue weighted by Crippen LogP contribution is 2.36. The molecule has 5 aromatic rings. The van der Waals surface area contributed by atoms with Gasteiger partial charge in [-0.1, -0.05) is 30.3 Å². The first-order chi connectivity index (χ1) is 26.5. The molecule has 8 rings (SSSR count). The van der Waals surface area contributed by atoms with Crippen LogP contribution in [0, 0.1) is 5.92 Å². The molecule has 0 aliphatic carbocycles. The van der Waals surface area contributed by atoms with Crippen molar-refractivity contribution in [3.8, 4) is 22.9 Å². The van der Waals surface area contributed by atoms with E-state index >= 15 is 0 Å². The molecule has 2 aromatic heterocycles. The van der Waals surface area contributed by atoms with E-state index in [9.17, 15) is 9.59 Å². The van der Waals surface area contributed by atoms with Crippen LogP contribution in [0.4, 0.5) is 16.4 Å². The van der Waals surface area contributed by atoms with Crippen LogP contribution in [-0.4, -0.2) is 81.3 Å². The van der Waals surface area contributed by atoms with Crippen molar-refractivity contribution in [1.82, 2.24) is 29.4 Å². The van der Waals surface area contributed by atoms with Crippen molar-refractivity contribution in [2.45, 2.75) is 64.0 Å². The summed E-state index contributed by atoms with van der Waals surface area (Å²) in [6.07, 6.45) is 7.53. The van der Waals surface area contributed by atoms with Crippen molar-refractivity contribution < 1.29 is 33.3 Å². The van der Waals surface area contributed by atoms with E-state index in [1.165, 1.54) is 0 Å². The van der Waals surface area contributed by atoms with Crippen LogP contribution in [0.2, 0.25) is 0 Å². The molecule has 2 unspecified atom stereocenters. The third kappa shape index (κ3) is 8.04. The van der Waals surface area contributed by atoms with Gasteiger partial charge in [0.05, 0.1) is 18.8 Å². The maximum absolute atomic E-state index is 12.9. The molecule has 14 heteroatoms. The first-order valence-corrected chi connectivity index (χ1v) is 18.7. The maximum atomic E-state index is 12.9. The molecule has 14 nitrogen and oxygen atoms in total. The van der Waals surface area contributed by atoms with E-state index in [0.717, 1.165) is 72.8 Å². The molecule has 282 valence electrons. The number of carbonyl (C=O) groups is 2.